The molecule has 1 amide bonds. The topological polar surface area (TPSA) is 80.0 Å². The molecule has 1 aliphatic rings. The number of hydrogen-bond donors (Lipinski definition) is 1. The minimum atomic E-state index is -0.658. The third-order valence-corrected chi connectivity index (χ3v) is 4.10. The van der Waals surface area contributed by atoms with Gasteiger partial charge in [-0.3, -0.25) is 9.78 Å². The Hall–Kier alpha value is -1.99. The van der Waals surface area contributed by atoms with Gasteiger partial charge in [-0.05, 0) is 12.8 Å². The van der Waals surface area contributed by atoms with E-state index in [9.17, 15) is 9.90 Å². The molecule has 112 valence electrons. The Morgan fingerprint density at radius 1 is 1.52 bits per heavy atom. The monoisotopic (exact) mass is 290 g/mol. The zero-order valence-corrected chi connectivity index (χ0v) is 11.9. The quantitative estimate of drug-likeness (QED) is 0.882. The van der Waals surface area contributed by atoms with Crippen LogP contribution in [0.4, 0.5) is 0 Å². The fourth-order valence-electron chi connectivity index (χ4n) is 2.80. The van der Waals surface area contributed by atoms with Crippen molar-refractivity contribution in [2.45, 2.75) is 18.4 Å². The number of nitrogens with zero attached hydrogens (tertiary/aromatic N) is 4. The van der Waals surface area contributed by atoms with Crippen LogP contribution >= 0.6 is 0 Å². The van der Waals surface area contributed by atoms with E-state index < -0.39 is 5.60 Å². The second-order valence-corrected chi connectivity index (χ2v) is 5.34. The number of ether oxygens (including phenoxy) is 1. The van der Waals surface area contributed by atoms with Gasteiger partial charge in [-0.1, -0.05) is 0 Å². The molecule has 1 aliphatic heterocycles. The van der Waals surface area contributed by atoms with Crippen molar-refractivity contribution in [3.8, 4) is 0 Å². The molecule has 1 saturated heterocycles. The van der Waals surface area contributed by atoms with Gasteiger partial charge in [0.25, 0.3) is 5.91 Å². The maximum atomic E-state index is 12.7. The Labute approximate surface area is 122 Å². The standard InChI is InChI=1S/C14H18N4O3/c1-21-14(10-19)3-2-5-17(9-14)13(20)11-7-16-18-6-4-15-8-12(11)18/h4,6-8,19H,2-3,5,9-10H2,1H3. The van der Waals surface area contributed by atoms with Crippen LogP contribution in [0, 0.1) is 0 Å². The first kappa shape index (κ1) is 14.0. The molecule has 7 heteroatoms. The summed E-state index contributed by atoms with van der Waals surface area (Å²) in [5.41, 5.74) is 0.544. The summed E-state index contributed by atoms with van der Waals surface area (Å²) >= 11 is 0. The van der Waals surface area contributed by atoms with Crippen LogP contribution in [0.2, 0.25) is 0 Å². The third-order valence-electron chi connectivity index (χ3n) is 4.10. The summed E-state index contributed by atoms with van der Waals surface area (Å²) in [5, 5.41) is 13.7. The lowest BCUT2D eigenvalue weighted by Gasteiger charge is -2.40. The Balaban J connectivity index is 1.88. The SMILES string of the molecule is COC1(CO)CCCN(C(=O)c2cnn3ccncc23)C1. The Morgan fingerprint density at radius 2 is 2.38 bits per heavy atom. The zero-order valence-electron chi connectivity index (χ0n) is 11.9. The first-order valence-electron chi connectivity index (χ1n) is 6.92. The fourth-order valence-corrected chi connectivity index (χ4v) is 2.80. The molecule has 21 heavy (non-hydrogen) atoms. The zero-order chi connectivity index (χ0) is 14.9. The molecule has 0 radical (unpaired) electrons. The molecule has 3 rings (SSSR count). The first-order valence-corrected chi connectivity index (χ1v) is 6.92. The molecule has 3 heterocycles. The number of aliphatic hydroxyl groups excluding tert-OH is 1. The van der Waals surface area contributed by atoms with Crippen LogP contribution in [0.15, 0.2) is 24.8 Å². The molecule has 2 aromatic heterocycles. The summed E-state index contributed by atoms with van der Waals surface area (Å²) in [6, 6.07) is 0. The van der Waals surface area contributed by atoms with Crippen LogP contribution in [0.5, 0.6) is 0 Å². The molecule has 0 aliphatic carbocycles. The van der Waals surface area contributed by atoms with Crippen LogP contribution in [0.25, 0.3) is 5.52 Å². The average molecular weight is 290 g/mol. The van der Waals surface area contributed by atoms with E-state index >= 15 is 0 Å². The van der Waals surface area contributed by atoms with Gasteiger partial charge in [0.15, 0.2) is 0 Å². The van der Waals surface area contributed by atoms with E-state index in [1.807, 2.05) is 0 Å². The van der Waals surface area contributed by atoms with Gasteiger partial charge in [0, 0.05) is 26.0 Å². The lowest BCUT2D eigenvalue weighted by atomic mass is 9.93. The summed E-state index contributed by atoms with van der Waals surface area (Å²) in [5.74, 6) is -0.104. The van der Waals surface area contributed by atoms with Crippen LogP contribution in [0.1, 0.15) is 23.2 Å². The summed E-state index contributed by atoms with van der Waals surface area (Å²) in [4.78, 5) is 18.5. The number of likely N-dealkylation sites (tertiary alicyclic amines) is 1. The van der Waals surface area contributed by atoms with E-state index in [1.165, 1.54) is 0 Å². The Bertz CT molecular complexity index is 650. The molecule has 0 aromatic carbocycles. The second-order valence-electron chi connectivity index (χ2n) is 5.34. The van der Waals surface area contributed by atoms with Crippen molar-refractivity contribution in [3.05, 3.63) is 30.4 Å². The van der Waals surface area contributed by atoms with E-state index in [0.717, 1.165) is 12.8 Å². The number of aromatic nitrogens is 3. The lowest BCUT2D eigenvalue weighted by molar-refractivity contribution is -0.0883. The van der Waals surface area contributed by atoms with Crippen molar-refractivity contribution < 1.29 is 14.6 Å². The number of amides is 1. The van der Waals surface area contributed by atoms with Crippen molar-refractivity contribution in [2.24, 2.45) is 0 Å². The highest BCUT2D eigenvalue weighted by molar-refractivity contribution is 6.00. The van der Waals surface area contributed by atoms with Gasteiger partial charge >= 0.3 is 0 Å². The molecular weight excluding hydrogens is 272 g/mol. The number of methoxy groups -OCH3 is 1. The summed E-state index contributed by atoms with van der Waals surface area (Å²) in [6.07, 6.45) is 8.06. The number of fused-ring (bicyclic) bond motifs is 1. The van der Waals surface area contributed by atoms with Gasteiger partial charge in [0.1, 0.15) is 5.60 Å². The molecule has 0 saturated carbocycles. The number of rotatable bonds is 3. The van der Waals surface area contributed by atoms with Gasteiger partial charge in [-0.25, -0.2) is 4.52 Å². The van der Waals surface area contributed by atoms with Crippen LogP contribution in [-0.2, 0) is 4.74 Å². The Morgan fingerprint density at radius 3 is 3.14 bits per heavy atom. The number of carbonyl (C=O) groups is 1. The van der Waals surface area contributed by atoms with E-state index in [-0.39, 0.29) is 12.5 Å². The van der Waals surface area contributed by atoms with Crippen molar-refractivity contribution >= 4 is 11.4 Å². The Kier molecular flexibility index (Phi) is 3.60. The van der Waals surface area contributed by atoms with E-state index in [1.54, 1.807) is 41.3 Å². The summed E-state index contributed by atoms with van der Waals surface area (Å²) in [7, 11) is 1.57. The van der Waals surface area contributed by atoms with Gasteiger partial charge in [-0.2, -0.15) is 5.10 Å². The number of hydrogen-bond acceptors (Lipinski definition) is 5. The van der Waals surface area contributed by atoms with E-state index in [0.29, 0.717) is 24.2 Å². The second kappa shape index (κ2) is 5.42. The minimum Gasteiger partial charge on any atom is -0.393 e. The van der Waals surface area contributed by atoms with Crippen molar-refractivity contribution in [1.29, 1.82) is 0 Å². The van der Waals surface area contributed by atoms with Crippen LogP contribution in [-0.4, -0.2) is 62.9 Å². The molecule has 0 spiro atoms. The fraction of sp³-hybridized carbons (Fsp3) is 0.500. The van der Waals surface area contributed by atoms with Crippen molar-refractivity contribution in [3.63, 3.8) is 0 Å². The average Bonchev–Trinajstić information content (AvgIpc) is 2.98. The molecule has 0 bridgehead atoms. The molecule has 7 nitrogen and oxygen atoms in total. The highest BCUT2D eigenvalue weighted by Crippen LogP contribution is 2.26. The van der Waals surface area contributed by atoms with Gasteiger partial charge in [0.05, 0.1) is 36.6 Å². The summed E-state index contributed by atoms with van der Waals surface area (Å²) in [6.45, 7) is 0.946. The molecule has 1 fully saturated rings. The molecule has 2 aromatic rings. The van der Waals surface area contributed by atoms with Crippen LogP contribution in [0.3, 0.4) is 0 Å². The lowest BCUT2D eigenvalue weighted by Crippen LogP contribution is -2.53. The smallest absolute Gasteiger partial charge is 0.257 e. The predicted octanol–water partition coefficient (Wildman–Crippen LogP) is 0.343. The normalized spacial score (nSPS) is 22.7. The molecule has 1 atom stereocenters. The van der Waals surface area contributed by atoms with Crippen molar-refractivity contribution in [1.82, 2.24) is 19.5 Å². The van der Waals surface area contributed by atoms with E-state index in [2.05, 4.69) is 10.1 Å². The van der Waals surface area contributed by atoms with Gasteiger partial charge in [-0.15, -0.1) is 0 Å². The summed E-state index contributed by atoms with van der Waals surface area (Å²) < 4.78 is 7.06. The molecule has 1 N–H and O–H groups in total. The number of carbonyl (C=O) groups excluding carboxylic acids is 1. The highest BCUT2D eigenvalue weighted by Gasteiger charge is 2.37. The van der Waals surface area contributed by atoms with Crippen molar-refractivity contribution in [2.75, 3.05) is 26.8 Å². The highest BCUT2D eigenvalue weighted by atomic mass is 16.5. The maximum Gasteiger partial charge on any atom is 0.257 e. The predicted molar refractivity (Wildman–Crippen MR) is 75.0 cm³/mol. The van der Waals surface area contributed by atoms with E-state index in [4.69, 9.17) is 4.74 Å². The maximum absolute atomic E-state index is 12.7. The number of aliphatic hydroxyl groups is 1. The number of piperidine rings is 1. The van der Waals surface area contributed by atoms with Gasteiger partial charge in [0.2, 0.25) is 0 Å². The first-order chi connectivity index (χ1) is 10.2. The molecular formula is C14H18N4O3. The largest absolute Gasteiger partial charge is 0.393 e. The van der Waals surface area contributed by atoms with Gasteiger partial charge < -0.3 is 14.7 Å². The van der Waals surface area contributed by atoms with Crippen LogP contribution < -0.4 is 0 Å². The minimum absolute atomic E-state index is 0.0937. The third kappa shape index (κ3) is 2.38. The molecule has 1 unspecified atom stereocenters.